The third-order valence-electron chi connectivity index (χ3n) is 6.82. The Kier molecular flexibility index (Phi) is 13.6. The van der Waals surface area contributed by atoms with Gasteiger partial charge in [-0.15, -0.1) is 0 Å². The van der Waals surface area contributed by atoms with E-state index in [0.717, 1.165) is 0 Å². The number of rotatable bonds is 14. The molecule has 2 aliphatic rings. The van der Waals surface area contributed by atoms with Gasteiger partial charge in [-0.05, 0) is 19.3 Å². The highest BCUT2D eigenvalue weighted by Gasteiger charge is 2.51. The molecule has 37 heavy (non-hydrogen) atoms. The molecule has 2 fully saturated rings. The highest BCUT2D eigenvalue weighted by atomic mass is 16.7. The molecule has 2 heterocycles. The molecule has 2 aliphatic heterocycles. The van der Waals surface area contributed by atoms with Crippen molar-refractivity contribution in [2.75, 3.05) is 26.4 Å². The minimum atomic E-state index is -1.42. The van der Waals surface area contributed by atoms with Gasteiger partial charge in [0.05, 0.1) is 50.2 Å². The Hall–Kier alpha value is -0.970. The summed E-state index contributed by atoms with van der Waals surface area (Å²) in [4.78, 5) is 22.7. The number of hydroxylamine groups is 2. The standard InChI is InChI=1S/C24H47N3O10/c1-7-25-33-9-8-10-34-27-17(12(2)3)22-13(4)19(30)21(32)24(36-22)37-23-18(26-15(6)29)14(5)35-16(11-28)20(23)31/h12-14,16-25,27-28,30-32H,7-11H2,1-6H3,(H,26,29). The monoisotopic (exact) mass is 537 g/mol. The van der Waals surface area contributed by atoms with Crippen molar-refractivity contribution >= 4 is 5.91 Å². The number of hydrogen-bond donors (Lipinski definition) is 7. The third kappa shape index (κ3) is 8.77. The van der Waals surface area contributed by atoms with E-state index >= 15 is 0 Å². The molecule has 0 aliphatic carbocycles. The van der Waals surface area contributed by atoms with Crippen LogP contribution in [-0.4, -0.2) is 114 Å². The first-order valence-electron chi connectivity index (χ1n) is 13.1. The lowest BCUT2D eigenvalue weighted by Gasteiger charge is -2.49. The van der Waals surface area contributed by atoms with Crippen LogP contribution in [0.1, 0.15) is 48.0 Å². The predicted octanol–water partition coefficient (Wildman–Crippen LogP) is -1.42. The fourth-order valence-electron chi connectivity index (χ4n) is 4.70. The van der Waals surface area contributed by atoms with E-state index in [9.17, 15) is 25.2 Å². The molecule has 1 amide bonds. The van der Waals surface area contributed by atoms with Crippen LogP contribution in [0, 0.1) is 11.8 Å². The van der Waals surface area contributed by atoms with Crippen molar-refractivity contribution < 1.29 is 49.1 Å². The van der Waals surface area contributed by atoms with Gasteiger partial charge in [0, 0.05) is 19.4 Å². The highest BCUT2D eigenvalue weighted by molar-refractivity contribution is 5.73. The summed E-state index contributed by atoms with van der Waals surface area (Å²) in [6.45, 7) is 11.8. The summed E-state index contributed by atoms with van der Waals surface area (Å²) >= 11 is 0. The maximum Gasteiger partial charge on any atom is 0.217 e. The second-order valence-corrected chi connectivity index (χ2v) is 10.1. The van der Waals surface area contributed by atoms with Crippen molar-refractivity contribution in [1.82, 2.24) is 16.3 Å². The summed E-state index contributed by atoms with van der Waals surface area (Å²) in [5.41, 5.74) is 5.80. The van der Waals surface area contributed by atoms with Gasteiger partial charge in [-0.25, -0.2) is 5.48 Å². The van der Waals surface area contributed by atoms with E-state index in [0.29, 0.717) is 26.2 Å². The lowest BCUT2D eigenvalue weighted by molar-refractivity contribution is -0.327. The molecule has 2 rings (SSSR count). The molecule has 218 valence electrons. The van der Waals surface area contributed by atoms with E-state index in [1.54, 1.807) is 13.8 Å². The second-order valence-electron chi connectivity index (χ2n) is 10.1. The lowest BCUT2D eigenvalue weighted by atomic mass is 9.83. The molecule has 0 aromatic heterocycles. The molecular formula is C24H47N3O10. The topological polar surface area (TPSA) is 180 Å². The van der Waals surface area contributed by atoms with Crippen molar-refractivity contribution in [3.8, 4) is 0 Å². The molecule has 0 aromatic carbocycles. The fourth-order valence-corrected chi connectivity index (χ4v) is 4.70. The maximum atomic E-state index is 11.8. The number of hydrogen-bond acceptors (Lipinski definition) is 12. The van der Waals surface area contributed by atoms with Crippen LogP contribution in [0.25, 0.3) is 0 Å². The molecule has 0 radical (unpaired) electrons. The van der Waals surface area contributed by atoms with Crippen LogP contribution in [0.3, 0.4) is 0 Å². The zero-order chi connectivity index (χ0) is 27.7. The van der Waals surface area contributed by atoms with Crippen LogP contribution in [0.4, 0.5) is 0 Å². The summed E-state index contributed by atoms with van der Waals surface area (Å²) in [6.07, 6.45) is -7.88. The van der Waals surface area contributed by atoms with Gasteiger partial charge in [0.25, 0.3) is 0 Å². The molecule has 0 saturated carbocycles. The molecular weight excluding hydrogens is 490 g/mol. The minimum absolute atomic E-state index is 0.0214. The van der Waals surface area contributed by atoms with Gasteiger partial charge < -0.3 is 49.6 Å². The lowest BCUT2D eigenvalue weighted by Crippen LogP contribution is -2.67. The summed E-state index contributed by atoms with van der Waals surface area (Å²) in [6, 6.07) is -1.15. The number of ether oxygens (including phenoxy) is 3. The van der Waals surface area contributed by atoms with Crippen LogP contribution < -0.4 is 16.3 Å². The van der Waals surface area contributed by atoms with Gasteiger partial charge in [0.1, 0.15) is 24.4 Å². The first kappa shape index (κ1) is 32.2. The van der Waals surface area contributed by atoms with Gasteiger partial charge in [-0.3, -0.25) is 4.79 Å². The Labute approximate surface area is 219 Å². The summed E-state index contributed by atoms with van der Waals surface area (Å²) in [7, 11) is 0. The molecule has 0 spiro atoms. The SMILES string of the molecule is CCNOCCCONC(C(C)C)C1OC(OC2C(O)C(CO)OC(C)C2NC(C)=O)C(O)C(O)C1C. The van der Waals surface area contributed by atoms with Gasteiger partial charge >= 0.3 is 0 Å². The van der Waals surface area contributed by atoms with Crippen molar-refractivity contribution in [1.29, 1.82) is 0 Å². The number of carbonyl (C=O) groups is 1. The quantitative estimate of drug-likeness (QED) is 0.102. The molecule has 13 heteroatoms. The van der Waals surface area contributed by atoms with Gasteiger partial charge in [-0.1, -0.05) is 27.7 Å². The van der Waals surface area contributed by atoms with Crippen molar-refractivity contribution in [2.24, 2.45) is 11.8 Å². The van der Waals surface area contributed by atoms with Crippen LogP contribution in [-0.2, 0) is 28.7 Å². The average Bonchev–Trinajstić information content (AvgIpc) is 2.85. The Morgan fingerprint density at radius 2 is 1.70 bits per heavy atom. The zero-order valence-electron chi connectivity index (χ0n) is 22.7. The number of aliphatic hydroxyl groups excluding tert-OH is 4. The number of nitrogens with one attached hydrogen (secondary N) is 3. The van der Waals surface area contributed by atoms with Gasteiger partial charge in [-0.2, -0.15) is 5.48 Å². The van der Waals surface area contributed by atoms with E-state index in [4.69, 9.17) is 23.9 Å². The van der Waals surface area contributed by atoms with Crippen molar-refractivity contribution in [3.05, 3.63) is 0 Å². The van der Waals surface area contributed by atoms with E-state index in [1.165, 1.54) is 6.92 Å². The van der Waals surface area contributed by atoms with E-state index in [2.05, 4.69) is 16.3 Å². The zero-order valence-corrected chi connectivity index (χ0v) is 22.7. The Morgan fingerprint density at radius 3 is 2.30 bits per heavy atom. The van der Waals surface area contributed by atoms with Gasteiger partial charge in [0.15, 0.2) is 6.29 Å². The first-order valence-corrected chi connectivity index (χ1v) is 13.1. The van der Waals surface area contributed by atoms with Crippen LogP contribution in [0.5, 0.6) is 0 Å². The molecule has 13 nitrogen and oxygen atoms in total. The van der Waals surface area contributed by atoms with Crippen molar-refractivity contribution in [3.63, 3.8) is 0 Å². The van der Waals surface area contributed by atoms with E-state index in [-0.39, 0.29) is 17.9 Å². The Bertz CT molecular complexity index is 675. The smallest absolute Gasteiger partial charge is 0.217 e. The van der Waals surface area contributed by atoms with E-state index in [1.807, 2.05) is 20.8 Å². The van der Waals surface area contributed by atoms with E-state index < -0.39 is 67.6 Å². The first-order chi connectivity index (χ1) is 17.5. The fraction of sp³-hybridized carbons (Fsp3) is 0.958. The number of carbonyl (C=O) groups excluding carboxylic acids is 1. The predicted molar refractivity (Wildman–Crippen MR) is 132 cm³/mol. The van der Waals surface area contributed by atoms with Gasteiger partial charge in [0.2, 0.25) is 5.91 Å². The van der Waals surface area contributed by atoms with Crippen LogP contribution in [0.2, 0.25) is 0 Å². The molecule has 7 N–H and O–H groups in total. The summed E-state index contributed by atoms with van der Waals surface area (Å²) < 4.78 is 17.9. The Balaban J connectivity index is 2.14. The van der Waals surface area contributed by atoms with Crippen LogP contribution >= 0.6 is 0 Å². The molecule has 11 unspecified atom stereocenters. The molecule has 0 aromatic rings. The highest BCUT2D eigenvalue weighted by Crippen LogP contribution is 2.33. The largest absolute Gasteiger partial charge is 0.394 e. The molecule has 2 saturated heterocycles. The average molecular weight is 538 g/mol. The summed E-state index contributed by atoms with van der Waals surface area (Å²) in [5, 5.41) is 44.9. The van der Waals surface area contributed by atoms with Crippen LogP contribution in [0.15, 0.2) is 0 Å². The Morgan fingerprint density at radius 1 is 1.03 bits per heavy atom. The number of aliphatic hydroxyl groups is 4. The molecule has 11 atom stereocenters. The number of amides is 1. The third-order valence-corrected chi connectivity index (χ3v) is 6.82. The van der Waals surface area contributed by atoms with Crippen molar-refractivity contribution in [2.45, 2.75) is 109 Å². The molecule has 0 bridgehead atoms. The normalized spacial score (nSPS) is 37.5. The second kappa shape index (κ2) is 15.6. The minimum Gasteiger partial charge on any atom is -0.394 e. The maximum absolute atomic E-state index is 11.8. The summed E-state index contributed by atoms with van der Waals surface area (Å²) in [5.74, 6) is -0.823.